The van der Waals surface area contributed by atoms with Crippen LogP contribution in [0.25, 0.3) is 0 Å². The van der Waals surface area contributed by atoms with E-state index in [-0.39, 0.29) is 0 Å². The Bertz CT molecular complexity index is 553. The molecule has 17 heavy (non-hydrogen) atoms. The van der Waals surface area contributed by atoms with Gasteiger partial charge in [-0.2, -0.15) is 0 Å². The Morgan fingerprint density at radius 1 is 1.29 bits per heavy atom. The van der Waals surface area contributed by atoms with E-state index in [0.717, 1.165) is 15.6 Å². The number of hydrogen-bond acceptors (Lipinski definition) is 2. The molecule has 0 radical (unpaired) electrons. The van der Waals surface area contributed by atoms with E-state index in [1.54, 1.807) is 6.07 Å². The van der Waals surface area contributed by atoms with Gasteiger partial charge in [0.15, 0.2) is 0 Å². The van der Waals surface area contributed by atoms with Crippen LogP contribution in [0.5, 0.6) is 0 Å². The van der Waals surface area contributed by atoms with Gasteiger partial charge in [0.2, 0.25) is 0 Å². The fourth-order valence-electron chi connectivity index (χ4n) is 1.56. The van der Waals surface area contributed by atoms with Crippen molar-refractivity contribution in [2.45, 2.75) is 13.0 Å². The lowest BCUT2D eigenvalue weighted by molar-refractivity contribution is 0.221. The Morgan fingerprint density at radius 2 is 2.00 bits per heavy atom. The van der Waals surface area contributed by atoms with E-state index < -0.39 is 6.10 Å². The molecule has 2 aromatic rings. The predicted octanol–water partition coefficient (Wildman–Crippen LogP) is 5.21. The minimum absolute atomic E-state index is 0.531. The summed E-state index contributed by atoms with van der Waals surface area (Å²) >= 11 is 16.6. The molecule has 0 fully saturated rings. The molecule has 1 aromatic carbocycles. The van der Waals surface area contributed by atoms with Gasteiger partial charge < -0.3 is 5.11 Å². The third kappa shape index (κ3) is 2.85. The van der Waals surface area contributed by atoms with Crippen molar-refractivity contribution in [2.24, 2.45) is 0 Å². The first-order valence-electron chi connectivity index (χ1n) is 4.88. The van der Waals surface area contributed by atoms with Gasteiger partial charge in [-0.05, 0) is 30.2 Å². The lowest BCUT2D eigenvalue weighted by Gasteiger charge is -2.11. The molecule has 0 amide bonds. The molecule has 0 aliphatic carbocycles. The molecule has 0 spiro atoms. The molecule has 1 aromatic heterocycles. The van der Waals surface area contributed by atoms with Gasteiger partial charge in [0, 0.05) is 10.0 Å². The highest BCUT2D eigenvalue weighted by atomic mass is 79.9. The maximum Gasteiger partial charge on any atom is 0.106 e. The maximum absolute atomic E-state index is 10.2. The lowest BCUT2D eigenvalue weighted by Crippen LogP contribution is -1.99. The van der Waals surface area contributed by atoms with Crippen LogP contribution >= 0.6 is 50.5 Å². The first-order valence-corrected chi connectivity index (χ1v) is 7.24. The second kappa shape index (κ2) is 5.29. The lowest BCUT2D eigenvalue weighted by atomic mass is 10.0. The minimum atomic E-state index is -0.738. The number of benzene rings is 1. The molecule has 5 heteroatoms. The zero-order chi connectivity index (χ0) is 12.6. The van der Waals surface area contributed by atoms with E-state index in [9.17, 15) is 5.11 Å². The van der Waals surface area contributed by atoms with Gasteiger partial charge in [0.1, 0.15) is 10.4 Å². The van der Waals surface area contributed by atoms with Crippen LogP contribution in [0.2, 0.25) is 8.67 Å². The summed E-state index contributed by atoms with van der Waals surface area (Å²) in [5, 5.41) is 10.2. The van der Waals surface area contributed by atoms with Crippen molar-refractivity contribution in [2.75, 3.05) is 0 Å². The fourth-order valence-corrected chi connectivity index (χ4v) is 3.32. The molecule has 2 rings (SSSR count). The summed E-state index contributed by atoms with van der Waals surface area (Å²) in [5.41, 5.74) is 2.53. The third-order valence-corrected chi connectivity index (χ3v) is 4.88. The molecule has 1 atom stereocenters. The van der Waals surface area contributed by atoms with Crippen LogP contribution in [0.3, 0.4) is 0 Å². The van der Waals surface area contributed by atoms with Crippen molar-refractivity contribution < 1.29 is 5.11 Å². The molecule has 1 nitrogen and oxygen atoms in total. The van der Waals surface area contributed by atoms with Gasteiger partial charge in [-0.1, -0.05) is 51.3 Å². The summed E-state index contributed by atoms with van der Waals surface area (Å²) in [6, 6.07) is 7.41. The smallest absolute Gasteiger partial charge is 0.106 e. The van der Waals surface area contributed by atoms with E-state index in [0.29, 0.717) is 14.2 Å². The van der Waals surface area contributed by atoms with E-state index in [2.05, 4.69) is 15.9 Å². The van der Waals surface area contributed by atoms with Crippen LogP contribution < -0.4 is 0 Å². The number of rotatable bonds is 2. The molecule has 1 unspecified atom stereocenters. The van der Waals surface area contributed by atoms with Crippen LogP contribution in [0.4, 0.5) is 0 Å². The van der Waals surface area contributed by atoms with Crippen LogP contribution in [-0.2, 0) is 0 Å². The first kappa shape index (κ1) is 13.4. The summed E-state index contributed by atoms with van der Waals surface area (Å²) in [7, 11) is 0. The van der Waals surface area contributed by atoms with Crippen molar-refractivity contribution in [1.29, 1.82) is 0 Å². The van der Waals surface area contributed by atoms with E-state index in [1.165, 1.54) is 11.3 Å². The molecule has 90 valence electrons. The second-order valence-corrected chi connectivity index (χ2v) is 6.83. The summed E-state index contributed by atoms with van der Waals surface area (Å²) in [6.07, 6.45) is -0.738. The summed E-state index contributed by atoms with van der Waals surface area (Å²) in [4.78, 5) is 0. The fraction of sp³-hybridized carbons (Fsp3) is 0.167. The van der Waals surface area contributed by atoms with Crippen LogP contribution in [0.1, 0.15) is 22.8 Å². The van der Waals surface area contributed by atoms with Crippen LogP contribution in [-0.4, -0.2) is 5.11 Å². The second-order valence-electron chi connectivity index (χ2n) is 3.69. The van der Waals surface area contributed by atoms with E-state index in [1.807, 2.05) is 25.1 Å². The van der Waals surface area contributed by atoms with Crippen molar-refractivity contribution in [3.05, 3.63) is 54.1 Å². The van der Waals surface area contributed by atoms with Gasteiger partial charge in [0.25, 0.3) is 0 Å². The first-order chi connectivity index (χ1) is 7.99. The quantitative estimate of drug-likeness (QED) is 0.787. The normalized spacial score (nSPS) is 12.8. The molecular weight excluding hydrogens is 343 g/mol. The average molecular weight is 352 g/mol. The molecule has 1 heterocycles. The van der Waals surface area contributed by atoms with Crippen LogP contribution in [0.15, 0.2) is 28.7 Å². The number of halogens is 3. The molecule has 0 aliphatic heterocycles. The number of aliphatic hydroxyl groups excluding tert-OH is 1. The molecule has 0 saturated heterocycles. The SMILES string of the molecule is Cc1cc(C(O)c2cc(Cl)sc2Cl)ccc1Br. The van der Waals surface area contributed by atoms with Crippen LogP contribution in [0, 0.1) is 6.92 Å². The number of hydrogen-bond donors (Lipinski definition) is 1. The summed E-state index contributed by atoms with van der Waals surface area (Å²) in [5.74, 6) is 0. The molecule has 1 N–H and O–H groups in total. The summed E-state index contributed by atoms with van der Waals surface area (Å²) in [6.45, 7) is 1.97. The minimum Gasteiger partial charge on any atom is -0.384 e. The standard InChI is InChI=1S/C12H9BrCl2OS/c1-6-4-7(2-3-9(6)13)11(16)8-5-10(14)17-12(8)15/h2-5,11,16H,1H3. The Balaban J connectivity index is 2.40. The molecule has 0 saturated carbocycles. The van der Waals surface area contributed by atoms with Crippen molar-refractivity contribution in [3.63, 3.8) is 0 Å². The van der Waals surface area contributed by atoms with Crippen molar-refractivity contribution in [1.82, 2.24) is 0 Å². The maximum atomic E-state index is 10.2. The van der Waals surface area contributed by atoms with Gasteiger partial charge in [-0.3, -0.25) is 0 Å². The third-order valence-electron chi connectivity index (χ3n) is 2.48. The topological polar surface area (TPSA) is 20.2 Å². The van der Waals surface area contributed by atoms with Gasteiger partial charge in [-0.15, -0.1) is 11.3 Å². The van der Waals surface area contributed by atoms with Crippen molar-refractivity contribution >= 4 is 50.5 Å². The Hall–Kier alpha value is -0.0600. The highest BCUT2D eigenvalue weighted by Gasteiger charge is 2.17. The number of aliphatic hydroxyl groups is 1. The predicted molar refractivity (Wildman–Crippen MR) is 77.3 cm³/mol. The number of aryl methyl sites for hydroxylation is 1. The zero-order valence-electron chi connectivity index (χ0n) is 8.88. The highest BCUT2D eigenvalue weighted by molar-refractivity contribution is 9.10. The Labute approximate surface area is 122 Å². The monoisotopic (exact) mass is 350 g/mol. The molecule has 0 bridgehead atoms. The number of thiophene rings is 1. The molecular formula is C12H9BrCl2OS. The highest BCUT2D eigenvalue weighted by Crippen LogP contribution is 2.37. The van der Waals surface area contributed by atoms with Gasteiger partial charge in [0.05, 0.1) is 4.34 Å². The Morgan fingerprint density at radius 3 is 2.53 bits per heavy atom. The van der Waals surface area contributed by atoms with E-state index >= 15 is 0 Å². The largest absolute Gasteiger partial charge is 0.384 e. The average Bonchev–Trinajstić information content (AvgIpc) is 2.61. The Kier molecular flexibility index (Phi) is 4.16. The summed E-state index contributed by atoms with van der Waals surface area (Å²) < 4.78 is 2.13. The van der Waals surface area contributed by atoms with Gasteiger partial charge in [-0.25, -0.2) is 0 Å². The van der Waals surface area contributed by atoms with E-state index in [4.69, 9.17) is 23.2 Å². The molecule has 0 aliphatic rings. The zero-order valence-corrected chi connectivity index (χ0v) is 12.8. The van der Waals surface area contributed by atoms with Gasteiger partial charge >= 0.3 is 0 Å². The van der Waals surface area contributed by atoms with Crippen molar-refractivity contribution in [3.8, 4) is 0 Å².